The number of nitrogens with zero attached hydrogens (tertiary/aromatic N) is 3. The second kappa shape index (κ2) is 7.89. The monoisotopic (exact) mass is 348 g/mol. The molecular weight excluding hydrogens is 332 g/mol. The van der Waals surface area contributed by atoms with Gasteiger partial charge in [0.15, 0.2) is 0 Å². The lowest BCUT2D eigenvalue weighted by atomic mass is 10.1. The van der Waals surface area contributed by atoms with Gasteiger partial charge in [0.25, 0.3) is 5.91 Å². The summed E-state index contributed by atoms with van der Waals surface area (Å²) in [6, 6.07) is 17.0. The summed E-state index contributed by atoms with van der Waals surface area (Å²) in [7, 11) is 1.56. The summed E-state index contributed by atoms with van der Waals surface area (Å²) in [4.78, 5) is 27.7. The fraction of sp³-hybridized carbons (Fsp3) is 0.0526. The van der Waals surface area contributed by atoms with E-state index >= 15 is 0 Å². The highest BCUT2D eigenvalue weighted by Crippen LogP contribution is 2.28. The molecule has 0 bridgehead atoms. The number of carbonyl (C=O) groups excluding carboxylic acids is 1. The number of ether oxygens (including phenoxy) is 1. The maximum Gasteiger partial charge on any atom is 0.255 e. The van der Waals surface area contributed by atoms with Gasteiger partial charge in [-0.3, -0.25) is 9.78 Å². The van der Waals surface area contributed by atoms with E-state index in [4.69, 9.17) is 4.74 Å². The van der Waals surface area contributed by atoms with Crippen molar-refractivity contribution < 1.29 is 9.53 Å². The molecule has 3 aromatic rings. The van der Waals surface area contributed by atoms with E-state index in [1.807, 2.05) is 0 Å². The third-order valence-electron chi connectivity index (χ3n) is 3.67. The highest BCUT2D eigenvalue weighted by Gasteiger charge is 2.13. The average Bonchev–Trinajstić information content (AvgIpc) is 2.70. The Labute approximate surface area is 150 Å². The second-order valence-corrected chi connectivity index (χ2v) is 5.34. The number of benzene rings is 2. The molecule has 0 atom stereocenters. The first-order chi connectivity index (χ1) is 12.7. The Morgan fingerprint density at radius 3 is 2.54 bits per heavy atom. The molecule has 1 amide bonds. The van der Waals surface area contributed by atoms with Crippen molar-refractivity contribution in [3.05, 3.63) is 83.5 Å². The van der Waals surface area contributed by atoms with Crippen molar-refractivity contribution in [2.45, 2.75) is 0 Å². The lowest BCUT2D eigenvalue weighted by Crippen LogP contribution is -2.13. The van der Waals surface area contributed by atoms with Crippen LogP contribution in [0.15, 0.2) is 78.3 Å². The van der Waals surface area contributed by atoms with Gasteiger partial charge in [0.2, 0.25) is 0 Å². The zero-order chi connectivity index (χ0) is 18.4. The largest absolute Gasteiger partial charge is 0.497 e. The zero-order valence-corrected chi connectivity index (χ0v) is 14.0. The highest BCUT2D eigenvalue weighted by atomic mass is 16.5. The molecule has 1 heterocycles. The van der Waals surface area contributed by atoms with Crippen LogP contribution in [0.2, 0.25) is 0 Å². The van der Waals surface area contributed by atoms with Gasteiger partial charge in [0.05, 0.1) is 35.7 Å². The first-order valence-corrected chi connectivity index (χ1v) is 7.80. The third kappa shape index (κ3) is 3.84. The Morgan fingerprint density at radius 2 is 1.88 bits per heavy atom. The SMILES string of the molecule is COc1ccc(N(N=O)c2cccc(C(=O)Nc3cccnc3)c2)cc1. The number of aromatic nitrogens is 1. The van der Waals surface area contributed by atoms with Gasteiger partial charge in [-0.05, 0) is 54.6 Å². The van der Waals surface area contributed by atoms with E-state index in [1.54, 1.807) is 80.2 Å². The normalized spacial score (nSPS) is 10.0. The quantitative estimate of drug-likeness (QED) is 0.534. The maximum atomic E-state index is 12.4. The highest BCUT2D eigenvalue weighted by molar-refractivity contribution is 6.04. The summed E-state index contributed by atoms with van der Waals surface area (Å²) in [6.45, 7) is 0. The van der Waals surface area contributed by atoms with E-state index in [1.165, 1.54) is 5.01 Å². The smallest absolute Gasteiger partial charge is 0.255 e. The molecule has 7 nitrogen and oxygen atoms in total. The van der Waals surface area contributed by atoms with Crippen LogP contribution in [-0.4, -0.2) is 18.0 Å². The molecule has 0 aliphatic rings. The van der Waals surface area contributed by atoms with Gasteiger partial charge in [0, 0.05) is 11.8 Å². The van der Waals surface area contributed by atoms with Crippen LogP contribution in [0.25, 0.3) is 0 Å². The number of anilines is 3. The van der Waals surface area contributed by atoms with Crippen LogP contribution in [0.4, 0.5) is 17.1 Å². The zero-order valence-electron chi connectivity index (χ0n) is 14.0. The van der Waals surface area contributed by atoms with Gasteiger partial charge < -0.3 is 10.1 Å². The molecule has 0 spiro atoms. The van der Waals surface area contributed by atoms with Crippen molar-refractivity contribution in [1.29, 1.82) is 0 Å². The summed E-state index contributed by atoms with van der Waals surface area (Å²) < 4.78 is 5.11. The molecule has 26 heavy (non-hydrogen) atoms. The van der Waals surface area contributed by atoms with E-state index < -0.39 is 0 Å². The summed E-state index contributed by atoms with van der Waals surface area (Å²) in [5.41, 5.74) is 2.02. The van der Waals surface area contributed by atoms with E-state index in [0.29, 0.717) is 28.4 Å². The second-order valence-electron chi connectivity index (χ2n) is 5.34. The Morgan fingerprint density at radius 1 is 1.08 bits per heavy atom. The van der Waals surface area contributed by atoms with Crippen LogP contribution in [0.5, 0.6) is 5.75 Å². The summed E-state index contributed by atoms with van der Waals surface area (Å²) in [5.74, 6) is 0.365. The molecule has 0 saturated carbocycles. The molecule has 130 valence electrons. The van der Waals surface area contributed by atoms with Gasteiger partial charge in [0.1, 0.15) is 5.75 Å². The van der Waals surface area contributed by atoms with Crippen LogP contribution in [-0.2, 0) is 0 Å². The number of amides is 1. The molecule has 0 aliphatic carbocycles. The molecule has 0 radical (unpaired) electrons. The molecule has 3 rings (SSSR count). The Hall–Kier alpha value is -3.74. The minimum absolute atomic E-state index is 0.305. The minimum Gasteiger partial charge on any atom is -0.497 e. The summed E-state index contributed by atoms with van der Waals surface area (Å²) in [5, 5.41) is 7.03. The lowest BCUT2D eigenvalue weighted by Gasteiger charge is -2.16. The van der Waals surface area contributed by atoms with E-state index in [2.05, 4.69) is 15.6 Å². The van der Waals surface area contributed by atoms with Crippen molar-refractivity contribution >= 4 is 23.0 Å². The fourth-order valence-electron chi connectivity index (χ4n) is 2.39. The fourth-order valence-corrected chi connectivity index (χ4v) is 2.39. The molecule has 7 heteroatoms. The van der Waals surface area contributed by atoms with Crippen LogP contribution in [0, 0.1) is 4.91 Å². The summed E-state index contributed by atoms with van der Waals surface area (Å²) in [6.07, 6.45) is 3.18. The lowest BCUT2D eigenvalue weighted by molar-refractivity contribution is 0.102. The standard InChI is InChI=1S/C19H16N4O3/c1-26-18-9-7-16(8-10-18)23(22-25)17-6-2-4-14(12-17)19(24)21-15-5-3-11-20-13-15/h2-13H,1H3,(H,21,24). The van der Waals surface area contributed by atoms with E-state index in [9.17, 15) is 9.70 Å². The molecule has 1 aromatic heterocycles. The number of hydrogen-bond donors (Lipinski definition) is 1. The maximum absolute atomic E-state index is 12.4. The molecule has 0 unspecified atom stereocenters. The summed E-state index contributed by atoms with van der Waals surface area (Å²) >= 11 is 0. The minimum atomic E-state index is -0.305. The third-order valence-corrected chi connectivity index (χ3v) is 3.67. The van der Waals surface area contributed by atoms with E-state index in [0.717, 1.165) is 0 Å². The topological polar surface area (TPSA) is 83.9 Å². The van der Waals surface area contributed by atoms with Crippen molar-refractivity contribution in [3.63, 3.8) is 0 Å². The first-order valence-electron chi connectivity index (χ1n) is 7.80. The number of methoxy groups -OCH3 is 1. The molecule has 2 aromatic carbocycles. The van der Waals surface area contributed by atoms with Gasteiger partial charge in [-0.1, -0.05) is 6.07 Å². The number of hydrogen-bond acceptors (Lipinski definition) is 5. The van der Waals surface area contributed by atoms with Crippen LogP contribution in [0.3, 0.4) is 0 Å². The molecule has 1 N–H and O–H groups in total. The number of nitrogens with one attached hydrogen (secondary N) is 1. The molecule has 0 saturated heterocycles. The van der Waals surface area contributed by atoms with Crippen molar-refractivity contribution in [3.8, 4) is 5.75 Å². The molecule has 0 aliphatic heterocycles. The first kappa shape index (κ1) is 17.1. The van der Waals surface area contributed by atoms with Crippen molar-refractivity contribution in [1.82, 2.24) is 4.98 Å². The predicted octanol–water partition coefficient (Wildman–Crippen LogP) is 4.16. The van der Waals surface area contributed by atoms with Crippen molar-refractivity contribution in [2.24, 2.45) is 5.29 Å². The molecule has 0 fully saturated rings. The van der Waals surface area contributed by atoms with Crippen LogP contribution in [0.1, 0.15) is 10.4 Å². The number of pyridine rings is 1. The number of carbonyl (C=O) groups is 1. The van der Waals surface area contributed by atoms with Gasteiger partial charge >= 0.3 is 0 Å². The van der Waals surface area contributed by atoms with E-state index in [-0.39, 0.29) is 5.91 Å². The Kier molecular flexibility index (Phi) is 5.19. The Bertz CT molecular complexity index is 898. The molecular formula is C19H16N4O3. The van der Waals surface area contributed by atoms with Crippen LogP contribution < -0.4 is 15.1 Å². The van der Waals surface area contributed by atoms with Gasteiger partial charge in [-0.15, -0.1) is 4.91 Å². The average molecular weight is 348 g/mol. The van der Waals surface area contributed by atoms with Crippen molar-refractivity contribution in [2.75, 3.05) is 17.4 Å². The van der Waals surface area contributed by atoms with Gasteiger partial charge in [-0.25, -0.2) is 0 Å². The van der Waals surface area contributed by atoms with Gasteiger partial charge in [-0.2, -0.15) is 5.01 Å². The number of rotatable bonds is 6. The van der Waals surface area contributed by atoms with Crippen LogP contribution >= 0.6 is 0 Å². The number of nitroso groups, excluding NO2 is 1. The Balaban J connectivity index is 1.84. The predicted molar refractivity (Wildman–Crippen MR) is 99.6 cm³/mol.